The molecule has 2 heteroatoms. The van der Waals surface area contributed by atoms with Crippen molar-refractivity contribution in [3.8, 4) is 0 Å². The van der Waals surface area contributed by atoms with Crippen molar-refractivity contribution in [2.75, 3.05) is 19.8 Å². The van der Waals surface area contributed by atoms with Gasteiger partial charge >= 0.3 is 0 Å². The molecule has 2 nitrogen and oxygen atoms in total. The highest BCUT2D eigenvalue weighted by Gasteiger charge is 2.23. The summed E-state index contributed by atoms with van der Waals surface area (Å²) in [5.74, 6) is 0.837. The van der Waals surface area contributed by atoms with E-state index in [1.165, 1.54) is 24.0 Å². The Balaban J connectivity index is 1.64. The van der Waals surface area contributed by atoms with Gasteiger partial charge in [0.15, 0.2) is 0 Å². The summed E-state index contributed by atoms with van der Waals surface area (Å²) in [5.41, 5.74) is 3.96. The summed E-state index contributed by atoms with van der Waals surface area (Å²) >= 11 is 0. The average molecular weight is 245 g/mol. The molecule has 1 aromatic rings. The first-order valence-corrected chi connectivity index (χ1v) is 6.77. The molecule has 2 rings (SSSR count). The fourth-order valence-corrected chi connectivity index (χ4v) is 2.00. The highest BCUT2D eigenvalue weighted by molar-refractivity contribution is 5.29. The van der Waals surface area contributed by atoms with Gasteiger partial charge in [0, 0.05) is 13.1 Å². The minimum Gasteiger partial charge on any atom is -0.376 e. The van der Waals surface area contributed by atoms with E-state index in [1.54, 1.807) is 0 Å². The van der Waals surface area contributed by atoms with Gasteiger partial charge in [-0.25, -0.2) is 0 Å². The standard InChI is InChI=1S/C16H23NO/c1-13(2)12-18-9-8-17-11-14-4-3-5-16(10-14)15-6-7-15/h3-5,10,15,17H,1,6-9,11-12H2,2H3. The molecule has 0 amide bonds. The zero-order chi connectivity index (χ0) is 12.8. The normalized spacial score (nSPS) is 14.7. The fraction of sp³-hybridized carbons (Fsp3) is 0.500. The predicted octanol–water partition coefficient (Wildman–Crippen LogP) is 3.25. The second kappa shape index (κ2) is 6.72. The smallest absolute Gasteiger partial charge is 0.0672 e. The second-order valence-electron chi connectivity index (χ2n) is 5.21. The molecule has 1 N–H and O–H groups in total. The first-order valence-electron chi connectivity index (χ1n) is 6.77. The van der Waals surface area contributed by atoms with Crippen molar-refractivity contribution in [3.05, 3.63) is 47.5 Å². The van der Waals surface area contributed by atoms with E-state index in [9.17, 15) is 0 Å². The summed E-state index contributed by atoms with van der Waals surface area (Å²) in [6.07, 6.45) is 2.73. The first-order chi connectivity index (χ1) is 8.75. The maximum absolute atomic E-state index is 5.44. The number of rotatable bonds is 8. The number of hydrogen-bond acceptors (Lipinski definition) is 2. The zero-order valence-electron chi connectivity index (χ0n) is 11.2. The lowest BCUT2D eigenvalue weighted by Gasteiger charge is -2.07. The summed E-state index contributed by atoms with van der Waals surface area (Å²) < 4.78 is 5.44. The molecule has 1 aromatic carbocycles. The number of benzene rings is 1. The summed E-state index contributed by atoms with van der Waals surface area (Å²) in [7, 11) is 0. The van der Waals surface area contributed by atoms with Crippen molar-refractivity contribution in [1.29, 1.82) is 0 Å². The third-order valence-corrected chi connectivity index (χ3v) is 3.10. The molecule has 0 saturated heterocycles. The molecule has 0 radical (unpaired) electrons. The lowest BCUT2D eigenvalue weighted by Crippen LogP contribution is -2.19. The van der Waals surface area contributed by atoms with E-state index in [1.807, 2.05) is 6.92 Å². The Hall–Kier alpha value is -1.12. The van der Waals surface area contributed by atoms with Crippen LogP contribution in [-0.4, -0.2) is 19.8 Å². The highest BCUT2D eigenvalue weighted by atomic mass is 16.5. The SMILES string of the molecule is C=C(C)COCCNCc1cccc(C2CC2)c1. The van der Waals surface area contributed by atoms with Gasteiger partial charge in [0.05, 0.1) is 13.2 Å². The van der Waals surface area contributed by atoms with Gasteiger partial charge in [0.1, 0.15) is 0 Å². The summed E-state index contributed by atoms with van der Waals surface area (Å²) in [6, 6.07) is 8.94. The monoisotopic (exact) mass is 245 g/mol. The predicted molar refractivity (Wildman–Crippen MR) is 75.8 cm³/mol. The van der Waals surface area contributed by atoms with Gasteiger partial charge in [-0.15, -0.1) is 0 Å². The van der Waals surface area contributed by atoms with Crippen LogP contribution >= 0.6 is 0 Å². The van der Waals surface area contributed by atoms with Crippen molar-refractivity contribution in [1.82, 2.24) is 5.32 Å². The van der Waals surface area contributed by atoms with Crippen LogP contribution in [0.15, 0.2) is 36.4 Å². The van der Waals surface area contributed by atoms with Crippen molar-refractivity contribution >= 4 is 0 Å². The molecule has 1 aliphatic carbocycles. The minimum atomic E-state index is 0.666. The van der Waals surface area contributed by atoms with Crippen molar-refractivity contribution in [2.45, 2.75) is 32.2 Å². The largest absolute Gasteiger partial charge is 0.376 e. The van der Waals surface area contributed by atoms with Gasteiger partial charge in [0.25, 0.3) is 0 Å². The fourth-order valence-electron chi connectivity index (χ4n) is 2.00. The molecule has 0 aliphatic heterocycles. The third kappa shape index (κ3) is 4.63. The van der Waals surface area contributed by atoms with E-state index in [0.717, 1.165) is 31.2 Å². The molecule has 98 valence electrons. The van der Waals surface area contributed by atoms with E-state index >= 15 is 0 Å². The summed E-state index contributed by atoms with van der Waals surface area (Å²) in [5, 5.41) is 3.41. The van der Waals surface area contributed by atoms with Gasteiger partial charge in [-0.2, -0.15) is 0 Å². The van der Waals surface area contributed by atoms with Crippen LogP contribution in [-0.2, 0) is 11.3 Å². The number of hydrogen-bond donors (Lipinski definition) is 1. The van der Waals surface area contributed by atoms with Crippen LogP contribution in [0.25, 0.3) is 0 Å². The zero-order valence-corrected chi connectivity index (χ0v) is 11.2. The molecular formula is C16H23NO. The Morgan fingerprint density at radius 1 is 1.44 bits per heavy atom. The summed E-state index contributed by atoms with van der Waals surface area (Å²) in [6.45, 7) is 9.02. The number of nitrogens with one attached hydrogen (secondary N) is 1. The molecule has 0 spiro atoms. The lowest BCUT2D eigenvalue weighted by molar-refractivity contribution is 0.158. The van der Waals surface area contributed by atoms with Crippen LogP contribution in [0.3, 0.4) is 0 Å². The molecule has 1 fully saturated rings. The molecule has 0 atom stereocenters. The maximum atomic E-state index is 5.44. The Bertz CT molecular complexity index is 396. The van der Waals surface area contributed by atoms with E-state index in [4.69, 9.17) is 4.74 Å². The van der Waals surface area contributed by atoms with Crippen LogP contribution in [0.5, 0.6) is 0 Å². The van der Waals surface area contributed by atoms with Gasteiger partial charge in [-0.05, 0) is 36.8 Å². The Kier molecular flexibility index (Phi) is 4.97. The third-order valence-electron chi connectivity index (χ3n) is 3.10. The maximum Gasteiger partial charge on any atom is 0.0672 e. The Morgan fingerprint density at radius 3 is 3.00 bits per heavy atom. The average Bonchev–Trinajstić information content (AvgIpc) is 3.18. The lowest BCUT2D eigenvalue weighted by atomic mass is 10.1. The molecular weight excluding hydrogens is 222 g/mol. The van der Waals surface area contributed by atoms with Crippen molar-refractivity contribution in [3.63, 3.8) is 0 Å². The molecule has 18 heavy (non-hydrogen) atoms. The van der Waals surface area contributed by atoms with Crippen LogP contribution in [0.1, 0.15) is 36.8 Å². The van der Waals surface area contributed by atoms with Crippen LogP contribution in [0.4, 0.5) is 0 Å². The van der Waals surface area contributed by atoms with Crippen LogP contribution < -0.4 is 5.32 Å². The molecule has 1 aliphatic rings. The molecule has 0 bridgehead atoms. The van der Waals surface area contributed by atoms with Crippen LogP contribution in [0, 0.1) is 0 Å². The van der Waals surface area contributed by atoms with Gasteiger partial charge in [-0.1, -0.05) is 36.4 Å². The van der Waals surface area contributed by atoms with Gasteiger partial charge in [0.2, 0.25) is 0 Å². The molecule has 0 unspecified atom stereocenters. The van der Waals surface area contributed by atoms with Crippen LogP contribution in [0.2, 0.25) is 0 Å². The molecule has 1 saturated carbocycles. The van der Waals surface area contributed by atoms with Crippen molar-refractivity contribution < 1.29 is 4.74 Å². The van der Waals surface area contributed by atoms with Crippen molar-refractivity contribution in [2.24, 2.45) is 0 Å². The van der Waals surface area contributed by atoms with E-state index in [0.29, 0.717) is 6.61 Å². The highest BCUT2D eigenvalue weighted by Crippen LogP contribution is 2.40. The summed E-state index contributed by atoms with van der Waals surface area (Å²) in [4.78, 5) is 0. The van der Waals surface area contributed by atoms with E-state index in [2.05, 4.69) is 36.2 Å². The Morgan fingerprint density at radius 2 is 2.28 bits per heavy atom. The first kappa shape index (κ1) is 13.3. The Labute approximate surface area is 110 Å². The van der Waals surface area contributed by atoms with Gasteiger partial charge < -0.3 is 10.1 Å². The topological polar surface area (TPSA) is 21.3 Å². The van der Waals surface area contributed by atoms with E-state index in [-0.39, 0.29) is 0 Å². The number of ether oxygens (including phenoxy) is 1. The molecule has 0 aromatic heterocycles. The minimum absolute atomic E-state index is 0.666. The van der Waals surface area contributed by atoms with E-state index < -0.39 is 0 Å². The quantitative estimate of drug-likeness (QED) is 0.561. The second-order valence-corrected chi connectivity index (χ2v) is 5.21. The molecule has 0 heterocycles. The van der Waals surface area contributed by atoms with Gasteiger partial charge in [-0.3, -0.25) is 0 Å².